The van der Waals surface area contributed by atoms with E-state index in [1.807, 2.05) is 0 Å². The highest BCUT2D eigenvalue weighted by Gasteiger charge is 2.49. The van der Waals surface area contributed by atoms with Crippen molar-refractivity contribution in [2.45, 2.75) is 45.5 Å². The Kier molecular flexibility index (Phi) is 4.77. The second kappa shape index (κ2) is 4.67. The first-order valence-electron chi connectivity index (χ1n) is 5.37. The van der Waals surface area contributed by atoms with Gasteiger partial charge in [-0.3, -0.25) is 0 Å². The molecule has 0 saturated carbocycles. The van der Waals surface area contributed by atoms with Gasteiger partial charge in [0.2, 0.25) is 0 Å². The standard InChI is InChI=1S/C10H27NO2Si2/c1-10(2,3)14(7,8)11(4)15(9,12-5)13-6/h1-9H3. The lowest BCUT2D eigenvalue weighted by Gasteiger charge is -2.49. The summed E-state index contributed by atoms with van der Waals surface area (Å²) in [6.07, 6.45) is 0. The molecule has 0 unspecified atom stereocenters. The fraction of sp³-hybridized carbons (Fsp3) is 1.00. The number of rotatable bonds is 4. The molecule has 0 fully saturated rings. The van der Waals surface area contributed by atoms with Gasteiger partial charge in [-0.1, -0.05) is 33.9 Å². The minimum absolute atomic E-state index is 0.313. The van der Waals surface area contributed by atoms with Crippen LogP contribution in [0.2, 0.25) is 24.7 Å². The molecule has 0 heterocycles. The molecule has 0 aromatic carbocycles. The molecule has 0 saturated heterocycles. The molecular formula is C10H27NO2Si2. The van der Waals surface area contributed by atoms with E-state index in [-0.39, 0.29) is 0 Å². The summed E-state index contributed by atoms with van der Waals surface area (Å²) in [5.41, 5.74) is 0. The van der Waals surface area contributed by atoms with Crippen molar-refractivity contribution in [1.82, 2.24) is 4.23 Å². The van der Waals surface area contributed by atoms with Crippen molar-refractivity contribution in [3.63, 3.8) is 0 Å². The Labute approximate surface area is 97.2 Å². The van der Waals surface area contributed by atoms with E-state index in [4.69, 9.17) is 8.85 Å². The first kappa shape index (κ1) is 15.3. The highest BCUT2D eigenvalue weighted by molar-refractivity contribution is 6.87. The Morgan fingerprint density at radius 1 is 0.933 bits per heavy atom. The van der Waals surface area contributed by atoms with Crippen molar-refractivity contribution in [3.8, 4) is 0 Å². The van der Waals surface area contributed by atoms with Gasteiger partial charge in [-0.05, 0) is 18.6 Å². The highest BCUT2D eigenvalue weighted by atomic mass is 28.4. The lowest BCUT2D eigenvalue weighted by molar-refractivity contribution is 0.208. The lowest BCUT2D eigenvalue weighted by Crippen LogP contribution is -2.66. The van der Waals surface area contributed by atoms with Crippen LogP contribution in [0.5, 0.6) is 0 Å². The fourth-order valence-corrected chi connectivity index (χ4v) is 8.70. The largest absolute Gasteiger partial charge is 0.417 e. The number of hydrogen-bond donors (Lipinski definition) is 0. The Morgan fingerprint density at radius 3 is 1.47 bits per heavy atom. The molecule has 0 atom stereocenters. The summed E-state index contributed by atoms with van der Waals surface area (Å²) in [6, 6.07) is 0. The molecule has 0 spiro atoms. The summed E-state index contributed by atoms with van der Waals surface area (Å²) in [6.45, 7) is 13.8. The average molecular weight is 250 g/mol. The molecule has 0 bridgehead atoms. The van der Waals surface area contributed by atoms with Crippen LogP contribution in [-0.4, -0.2) is 42.5 Å². The van der Waals surface area contributed by atoms with Crippen LogP contribution in [0, 0.1) is 0 Å². The molecule has 0 radical (unpaired) electrons. The van der Waals surface area contributed by atoms with Gasteiger partial charge < -0.3 is 13.1 Å². The third kappa shape index (κ3) is 2.91. The molecule has 0 aromatic heterocycles. The highest BCUT2D eigenvalue weighted by Crippen LogP contribution is 2.39. The molecule has 0 aliphatic heterocycles. The molecule has 3 nitrogen and oxygen atoms in total. The fourth-order valence-electron chi connectivity index (χ4n) is 1.37. The van der Waals surface area contributed by atoms with Crippen LogP contribution < -0.4 is 0 Å². The predicted octanol–water partition coefficient (Wildman–Crippen LogP) is 2.78. The smallest absolute Gasteiger partial charge is 0.386 e. The molecule has 0 amide bonds. The van der Waals surface area contributed by atoms with E-state index >= 15 is 0 Å². The maximum absolute atomic E-state index is 5.61. The summed E-state index contributed by atoms with van der Waals surface area (Å²) >= 11 is 0. The number of hydrogen-bond acceptors (Lipinski definition) is 3. The Morgan fingerprint density at radius 2 is 1.27 bits per heavy atom. The summed E-state index contributed by atoms with van der Waals surface area (Å²) in [5, 5.41) is 0.313. The van der Waals surface area contributed by atoms with E-state index in [1.165, 1.54) is 0 Å². The third-order valence-corrected chi connectivity index (χ3v) is 15.0. The quantitative estimate of drug-likeness (QED) is 0.715. The van der Waals surface area contributed by atoms with E-state index in [2.05, 4.69) is 51.7 Å². The molecule has 0 N–H and O–H groups in total. The van der Waals surface area contributed by atoms with E-state index in [9.17, 15) is 0 Å². The van der Waals surface area contributed by atoms with E-state index in [0.29, 0.717) is 5.04 Å². The van der Waals surface area contributed by atoms with Gasteiger partial charge in [0.15, 0.2) is 0 Å². The van der Waals surface area contributed by atoms with Crippen molar-refractivity contribution >= 4 is 17.0 Å². The van der Waals surface area contributed by atoms with Gasteiger partial charge in [0.1, 0.15) is 8.24 Å². The molecule has 92 valence electrons. The van der Waals surface area contributed by atoms with Gasteiger partial charge in [0.25, 0.3) is 0 Å². The molecular weight excluding hydrogens is 222 g/mol. The van der Waals surface area contributed by atoms with Crippen LogP contribution in [0.3, 0.4) is 0 Å². The van der Waals surface area contributed by atoms with Crippen molar-refractivity contribution in [2.24, 2.45) is 0 Å². The molecule has 0 aromatic rings. The Bertz CT molecular complexity index is 210. The van der Waals surface area contributed by atoms with Gasteiger partial charge in [-0.25, -0.2) is 0 Å². The van der Waals surface area contributed by atoms with Crippen molar-refractivity contribution in [3.05, 3.63) is 0 Å². The van der Waals surface area contributed by atoms with E-state index < -0.39 is 17.0 Å². The van der Waals surface area contributed by atoms with Crippen LogP contribution >= 0.6 is 0 Å². The molecule has 0 rings (SSSR count). The maximum Gasteiger partial charge on any atom is 0.417 e. The first-order chi connectivity index (χ1) is 6.53. The molecule has 15 heavy (non-hydrogen) atoms. The summed E-state index contributed by atoms with van der Waals surface area (Å²) in [7, 11) is 1.96. The zero-order chi connectivity index (χ0) is 12.5. The van der Waals surface area contributed by atoms with Crippen LogP contribution in [-0.2, 0) is 8.85 Å². The van der Waals surface area contributed by atoms with Gasteiger partial charge in [0.05, 0.1) is 0 Å². The van der Waals surface area contributed by atoms with Crippen molar-refractivity contribution in [2.75, 3.05) is 21.3 Å². The van der Waals surface area contributed by atoms with E-state index in [1.54, 1.807) is 14.2 Å². The van der Waals surface area contributed by atoms with Crippen LogP contribution in [0.15, 0.2) is 0 Å². The van der Waals surface area contributed by atoms with Gasteiger partial charge >= 0.3 is 8.72 Å². The van der Waals surface area contributed by atoms with Gasteiger partial charge in [-0.2, -0.15) is 0 Å². The SMILES string of the molecule is CO[Si](C)(OC)N(C)[Si](C)(C)C(C)(C)C. The van der Waals surface area contributed by atoms with Crippen LogP contribution in [0.4, 0.5) is 0 Å². The summed E-state index contributed by atoms with van der Waals surface area (Å²) < 4.78 is 13.6. The minimum atomic E-state index is -2.15. The van der Waals surface area contributed by atoms with Crippen LogP contribution in [0.25, 0.3) is 0 Å². The maximum atomic E-state index is 5.61. The first-order valence-corrected chi connectivity index (χ1v) is 10.6. The van der Waals surface area contributed by atoms with E-state index in [0.717, 1.165) is 0 Å². The normalized spacial score (nSPS) is 14.8. The molecule has 5 heteroatoms. The Hall–Kier alpha value is 0.314. The Balaban J connectivity index is 5.07. The van der Waals surface area contributed by atoms with Gasteiger partial charge in [0, 0.05) is 14.2 Å². The second-order valence-corrected chi connectivity index (χ2v) is 14.7. The average Bonchev–Trinajstić information content (AvgIpc) is 2.13. The number of nitrogens with zero attached hydrogens (tertiary/aromatic N) is 1. The summed E-state index contributed by atoms with van der Waals surface area (Å²) in [4.78, 5) is 0. The third-order valence-electron chi connectivity index (χ3n) is 4.04. The lowest BCUT2D eigenvalue weighted by atomic mass is 10.2. The molecule has 0 aliphatic carbocycles. The topological polar surface area (TPSA) is 21.7 Å². The minimum Gasteiger partial charge on any atom is -0.386 e. The van der Waals surface area contributed by atoms with Crippen molar-refractivity contribution in [1.29, 1.82) is 0 Å². The van der Waals surface area contributed by atoms with Crippen molar-refractivity contribution < 1.29 is 8.85 Å². The summed E-state index contributed by atoms with van der Waals surface area (Å²) in [5.74, 6) is 0. The second-order valence-electron chi connectivity index (χ2n) is 5.67. The molecule has 0 aliphatic rings. The van der Waals surface area contributed by atoms with Crippen LogP contribution in [0.1, 0.15) is 20.8 Å². The zero-order valence-electron chi connectivity index (χ0n) is 11.8. The predicted molar refractivity (Wildman–Crippen MR) is 70.6 cm³/mol. The zero-order valence-corrected chi connectivity index (χ0v) is 13.8. The van der Waals surface area contributed by atoms with Gasteiger partial charge in [-0.15, -0.1) is 0 Å². The monoisotopic (exact) mass is 249 g/mol.